The first kappa shape index (κ1) is 36.0. The highest BCUT2D eigenvalue weighted by Crippen LogP contribution is 2.50. The van der Waals surface area contributed by atoms with Crippen molar-refractivity contribution >= 4 is 33.7 Å². The van der Waals surface area contributed by atoms with E-state index in [0.29, 0.717) is 17.5 Å². The fourth-order valence-electron chi connectivity index (χ4n) is 8.69. The van der Waals surface area contributed by atoms with Crippen molar-refractivity contribution in [3.8, 4) is 89.8 Å². The predicted molar refractivity (Wildman–Crippen MR) is 253 cm³/mol. The topological polar surface area (TPSA) is 64.7 Å². The maximum absolute atomic E-state index is 6.61. The third-order valence-corrected chi connectivity index (χ3v) is 12.8. The molecule has 0 bridgehead atoms. The molecule has 6 heteroatoms. The standard InChI is InChI=1S/C56H34N4OS/c1-2-13-36(14-3-1)54-58-55(37-26-24-35(25-27-37)39-15-12-30-57-34-39)60-56(59-54)38-28-29-44-42-18-5-4-16-40(42)41-17-6-7-19-43(41)46-21-9-11-23-52(46)62-53-33-48-45-20-8-10-22-50(45)61-51(48)32-49(53)47(44)31-38/h1-34H. The van der Waals surface area contributed by atoms with Gasteiger partial charge in [0.15, 0.2) is 17.5 Å². The summed E-state index contributed by atoms with van der Waals surface area (Å²) < 4.78 is 6.61. The maximum atomic E-state index is 6.61. The minimum atomic E-state index is 0.588. The Labute approximate surface area is 362 Å². The van der Waals surface area contributed by atoms with E-state index in [1.165, 1.54) is 21.6 Å². The Hall–Kier alpha value is -7.93. The van der Waals surface area contributed by atoms with Gasteiger partial charge >= 0.3 is 0 Å². The molecule has 0 amide bonds. The SMILES string of the molecule is c1ccc(-c2nc(-c3ccc(-c4cccnc4)cc3)nc(-c3ccc4c(c3)-c3cc5oc6ccccc6c5cc3Sc3ccccc3-c3ccccc3-c3ccccc3-4)n2)cc1. The minimum absolute atomic E-state index is 0.588. The van der Waals surface area contributed by atoms with Gasteiger partial charge in [-0.1, -0.05) is 169 Å². The molecule has 11 aromatic rings. The lowest BCUT2D eigenvalue weighted by molar-refractivity contribution is 0.669. The van der Waals surface area contributed by atoms with Crippen molar-refractivity contribution in [1.29, 1.82) is 0 Å². The zero-order valence-electron chi connectivity index (χ0n) is 33.2. The van der Waals surface area contributed by atoms with Gasteiger partial charge < -0.3 is 4.42 Å². The second-order valence-electron chi connectivity index (χ2n) is 15.4. The van der Waals surface area contributed by atoms with E-state index in [0.717, 1.165) is 82.5 Å². The first-order valence-electron chi connectivity index (χ1n) is 20.6. The van der Waals surface area contributed by atoms with Crippen molar-refractivity contribution in [2.75, 3.05) is 0 Å². The number of furan rings is 1. The molecule has 12 rings (SSSR count). The van der Waals surface area contributed by atoms with Gasteiger partial charge in [-0.15, -0.1) is 0 Å². The zero-order chi connectivity index (χ0) is 41.0. The number of fused-ring (bicyclic) bond motifs is 12. The summed E-state index contributed by atoms with van der Waals surface area (Å²) in [6, 6.07) is 68.2. The molecule has 0 atom stereocenters. The van der Waals surface area contributed by atoms with Crippen LogP contribution in [0.5, 0.6) is 0 Å². The van der Waals surface area contributed by atoms with E-state index in [1.807, 2.05) is 54.7 Å². The number of hydrogen-bond donors (Lipinski definition) is 0. The smallest absolute Gasteiger partial charge is 0.164 e. The van der Waals surface area contributed by atoms with Gasteiger partial charge in [-0.3, -0.25) is 4.98 Å². The lowest BCUT2D eigenvalue weighted by Gasteiger charge is -2.18. The number of rotatable bonds is 4. The van der Waals surface area contributed by atoms with Crippen LogP contribution in [0.3, 0.4) is 0 Å². The number of para-hydroxylation sites is 1. The summed E-state index contributed by atoms with van der Waals surface area (Å²) in [5.41, 5.74) is 15.6. The zero-order valence-corrected chi connectivity index (χ0v) is 34.1. The van der Waals surface area contributed by atoms with Crippen molar-refractivity contribution in [2.45, 2.75) is 9.79 Å². The third kappa shape index (κ3) is 6.28. The Morgan fingerprint density at radius 3 is 1.58 bits per heavy atom. The second kappa shape index (κ2) is 15.0. The highest BCUT2D eigenvalue weighted by Gasteiger charge is 2.24. The summed E-state index contributed by atoms with van der Waals surface area (Å²) in [5, 5.41) is 2.18. The van der Waals surface area contributed by atoms with Crippen LogP contribution in [0.4, 0.5) is 0 Å². The quantitative estimate of drug-likeness (QED) is 0.176. The molecule has 8 aromatic carbocycles. The molecule has 3 aromatic heterocycles. The average molecular weight is 811 g/mol. The monoisotopic (exact) mass is 810 g/mol. The van der Waals surface area contributed by atoms with Gasteiger partial charge in [0.1, 0.15) is 11.2 Å². The van der Waals surface area contributed by atoms with Crippen LogP contribution in [0, 0.1) is 0 Å². The maximum Gasteiger partial charge on any atom is 0.164 e. The molecule has 0 radical (unpaired) electrons. The lowest BCUT2D eigenvalue weighted by Crippen LogP contribution is -2.01. The molecule has 0 fully saturated rings. The number of nitrogens with zero attached hydrogens (tertiary/aromatic N) is 4. The summed E-state index contributed by atoms with van der Waals surface area (Å²) >= 11 is 1.79. The first-order chi connectivity index (χ1) is 30.7. The Kier molecular flexibility index (Phi) is 8.68. The van der Waals surface area contributed by atoms with Crippen molar-refractivity contribution in [3.63, 3.8) is 0 Å². The molecular formula is C56H34N4OS. The summed E-state index contributed by atoms with van der Waals surface area (Å²) in [4.78, 5) is 22.1. The van der Waals surface area contributed by atoms with Crippen LogP contribution in [-0.2, 0) is 0 Å². The number of benzene rings is 8. The van der Waals surface area contributed by atoms with Crippen LogP contribution >= 0.6 is 11.8 Å². The van der Waals surface area contributed by atoms with Gasteiger partial charge in [0.05, 0.1) is 0 Å². The normalized spacial score (nSPS) is 11.8. The fraction of sp³-hybridized carbons (Fsp3) is 0. The Bertz CT molecular complexity index is 3490. The summed E-state index contributed by atoms with van der Waals surface area (Å²) in [6.07, 6.45) is 3.67. The van der Waals surface area contributed by atoms with E-state index in [1.54, 1.807) is 18.0 Å². The minimum Gasteiger partial charge on any atom is -0.456 e. The van der Waals surface area contributed by atoms with Crippen LogP contribution in [-0.4, -0.2) is 19.9 Å². The van der Waals surface area contributed by atoms with Gasteiger partial charge in [0.25, 0.3) is 0 Å². The van der Waals surface area contributed by atoms with Crippen LogP contribution in [0.1, 0.15) is 0 Å². The third-order valence-electron chi connectivity index (χ3n) is 11.7. The van der Waals surface area contributed by atoms with Crippen LogP contribution in [0.25, 0.3) is 112 Å². The lowest BCUT2D eigenvalue weighted by atomic mass is 9.86. The molecule has 62 heavy (non-hydrogen) atoms. The van der Waals surface area contributed by atoms with Gasteiger partial charge in [-0.2, -0.15) is 0 Å². The molecule has 0 spiro atoms. The van der Waals surface area contributed by atoms with Gasteiger partial charge in [0, 0.05) is 49.6 Å². The molecule has 0 saturated carbocycles. The molecule has 0 aliphatic carbocycles. The molecule has 5 nitrogen and oxygen atoms in total. The first-order valence-corrected chi connectivity index (χ1v) is 21.4. The van der Waals surface area contributed by atoms with E-state index in [9.17, 15) is 0 Å². The second-order valence-corrected chi connectivity index (χ2v) is 16.5. The van der Waals surface area contributed by atoms with Crippen LogP contribution < -0.4 is 0 Å². The summed E-state index contributed by atoms with van der Waals surface area (Å²) in [7, 11) is 0. The molecule has 0 N–H and O–H groups in total. The fourth-order valence-corrected chi connectivity index (χ4v) is 9.81. The Morgan fingerprint density at radius 2 is 0.871 bits per heavy atom. The van der Waals surface area contributed by atoms with E-state index in [2.05, 4.69) is 151 Å². The number of aromatic nitrogens is 4. The van der Waals surface area contributed by atoms with Crippen molar-refractivity contribution in [1.82, 2.24) is 19.9 Å². The average Bonchev–Trinajstić information content (AvgIpc) is 3.71. The molecular weight excluding hydrogens is 777 g/mol. The van der Waals surface area contributed by atoms with E-state index < -0.39 is 0 Å². The molecule has 290 valence electrons. The van der Waals surface area contributed by atoms with E-state index in [-0.39, 0.29) is 0 Å². The van der Waals surface area contributed by atoms with Crippen molar-refractivity contribution in [3.05, 3.63) is 207 Å². The Balaban J connectivity index is 1.12. The van der Waals surface area contributed by atoms with E-state index in [4.69, 9.17) is 19.4 Å². The number of pyridine rings is 1. The Morgan fingerprint density at radius 1 is 0.323 bits per heavy atom. The van der Waals surface area contributed by atoms with Crippen molar-refractivity contribution < 1.29 is 4.42 Å². The molecule has 1 aliphatic heterocycles. The number of hydrogen-bond acceptors (Lipinski definition) is 6. The van der Waals surface area contributed by atoms with E-state index >= 15 is 0 Å². The van der Waals surface area contributed by atoms with Gasteiger partial charge in [-0.05, 0) is 92.0 Å². The van der Waals surface area contributed by atoms with Gasteiger partial charge in [-0.25, -0.2) is 15.0 Å². The predicted octanol–water partition coefficient (Wildman–Crippen LogP) is 15.0. The van der Waals surface area contributed by atoms with Gasteiger partial charge in [0.2, 0.25) is 0 Å². The summed E-state index contributed by atoms with van der Waals surface area (Å²) in [5.74, 6) is 1.80. The van der Waals surface area contributed by atoms with Crippen LogP contribution in [0.15, 0.2) is 221 Å². The highest BCUT2D eigenvalue weighted by atomic mass is 32.2. The highest BCUT2D eigenvalue weighted by molar-refractivity contribution is 7.99. The molecule has 0 unspecified atom stereocenters. The molecule has 1 aliphatic rings. The van der Waals surface area contributed by atoms with Crippen LogP contribution in [0.2, 0.25) is 0 Å². The summed E-state index contributed by atoms with van der Waals surface area (Å²) in [6.45, 7) is 0. The molecule has 0 saturated heterocycles. The largest absolute Gasteiger partial charge is 0.456 e. The molecule has 4 heterocycles. The van der Waals surface area contributed by atoms with Crippen molar-refractivity contribution in [2.24, 2.45) is 0 Å².